The van der Waals surface area contributed by atoms with E-state index in [2.05, 4.69) is 29.6 Å². The van der Waals surface area contributed by atoms with Gasteiger partial charge in [0.05, 0.1) is 18.4 Å². The van der Waals surface area contributed by atoms with Gasteiger partial charge < -0.3 is 14.6 Å². The quantitative estimate of drug-likeness (QED) is 0.550. The highest BCUT2D eigenvalue weighted by Gasteiger charge is 2.34. The molecule has 4 nitrogen and oxygen atoms in total. The van der Waals surface area contributed by atoms with E-state index in [0.717, 1.165) is 27.8 Å². The largest absolute Gasteiger partial charge is 0.467 e. The van der Waals surface area contributed by atoms with Crippen LogP contribution in [0.4, 0.5) is 5.69 Å². The Kier molecular flexibility index (Phi) is 3.68. The van der Waals surface area contributed by atoms with Crippen LogP contribution in [0, 0.1) is 0 Å². The molecule has 0 unspecified atom stereocenters. The van der Waals surface area contributed by atoms with Gasteiger partial charge in [-0.2, -0.15) is 0 Å². The van der Waals surface area contributed by atoms with E-state index in [4.69, 9.17) is 4.42 Å². The minimum Gasteiger partial charge on any atom is -0.467 e. The second-order valence-corrected chi connectivity index (χ2v) is 6.67. The van der Waals surface area contributed by atoms with Crippen molar-refractivity contribution in [2.24, 2.45) is 0 Å². The fraction of sp³-hybridized carbons (Fsp3) is 0.0870. The molecule has 0 fully saturated rings. The Morgan fingerprint density at radius 2 is 1.70 bits per heavy atom. The Morgan fingerprint density at radius 1 is 0.889 bits per heavy atom. The zero-order valence-electron chi connectivity index (χ0n) is 14.6. The summed E-state index contributed by atoms with van der Waals surface area (Å²) in [7, 11) is 0. The summed E-state index contributed by atoms with van der Waals surface area (Å²) < 4.78 is 5.52. The van der Waals surface area contributed by atoms with Crippen molar-refractivity contribution in [1.29, 1.82) is 0 Å². The van der Waals surface area contributed by atoms with E-state index in [9.17, 15) is 4.79 Å². The average Bonchev–Trinajstić information content (AvgIpc) is 3.23. The summed E-state index contributed by atoms with van der Waals surface area (Å²) in [6, 6.07) is 25.9. The third kappa shape index (κ3) is 2.66. The predicted octanol–water partition coefficient (Wildman–Crippen LogP) is 5.20. The van der Waals surface area contributed by atoms with Gasteiger partial charge in [0.1, 0.15) is 11.9 Å². The van der Waals surface area contributed by atoms with Crippen molar-refractivity contribution in [2.75, 3.05) is 5.32 Å². The summed E-state index contributed by atoms with van der Waals surface area (Å²) in [6.45, 7) is 0.404. The smallest absolute Gasteiger partial charge is 0.258 e. The number of carbonyl (C=O) groups excluding carboxylic acids is 1. The summed E-state index contributed by atoms with van der Waals surface area (Å²) in [6.07, 6.45) is 1.36. The van der Waals surface area contributed by atoms with Gasteiger partial charge >= 0.3 is 0 Å². The first kappa shape index (κ1) is 15.7. The lowest BCUT2D eigenvalue weighted by atomic mass is 9.98. The standard InChI is InChI=1S/C23H18N2O2/c26-23-20-11-3-4-13-21(20)24-22(25(23)15-17-9-6-14-27-17)19-12-5-8-16-7-1-2-10-18(16)19/h1-14,22,24H,15H2/t22-/m0/s1. The second kappa shape index (κ2) is 6.32. The number of amides is 1. The molecule has 132 valence electrons. The van der Waals surface area contributed by atoms with E-state index in [0.29, 0.717) is 12.1 Å². The minimum atomic E-state index is -0.274. The number of hydrogen-bond acceptors (Lipinski definition) is 3. The molecule has 0 radical (unpaired) electrons. The third-order valence-electron chi connectivity index (χ3n) is 5.05. The zero-order chi connectivity index (χ0) is 18.2. The van der Waals surface area contributed by atoms with E-state index in [1.807, 2.05) is 59.5 Å². The highest BCUT2D eigenvalue weighted by molar-refractivity contribution is 6.02. The Hall–Kier alpha value is -3.53. The maximum Gasteiger partial charge on any atom is 0.258 e. The SMILES string of the molecule is O=C1c2ccccc2N[C@H](c2cccc3ccccc23)N1Cc1ccco1. The van der Waals surface area contributed by atoms with Crippen molar-refractivity contribution < 1.29 is 9.21 Å². The molecule has 1 N–H and O–H groups in total. The third-order valence-corrected chi connectivity index (χ3v) is 5.05. The normalized spacial score (nSPS) is 16.2. The molecule has 5 rings (SSSR count). The molecule has 1 aromatic heterocycles. The van der Waals surface area contributed by atoms with Crippen LogP contribution in [-0.4, -0.2) is 10.8 Å². The minimum absolute atomic E-state index is 0.00122. The van der Waals surface area contributed by atoms with Gasteiger partial charge in [0.25, 0.3) is 5.91 Å². The van der Waals surface area contributed by atoms with Crippen LogP contribution in [0.1, 0.15) is 27.8 Å². The maximum absolute atomic E-state index is 13.3. The van der Waals surface area contributed by atoms with Gasteiger partial charge in [-0.25, -0.2) is 0 Å². The van der Waals surface area contributed by atoms with Gasteiger partial charge in [0, 0.05) is 11.3 Å². The molecule has 4 aromatic rings. The molecule has 0 spiro atoms. The van der Waals surface area contributed by atoms with Crippen LogP contribution < -0.4 is 5.32 Å². The van der Waals surface area contributed by atoms with Crippen molar-refractivity contribution >= 4 is 22.4 Å². The first-order chi connectivity index (χ1) is 13.3. The first-order valence-corrected chi connectivity index (χ1v) is 8.98. The highest BCUT2D eigenvalue weighted by atomic mass is 16.3. The van der Waals surface area contributed by atoms with Crippen LogP contribution in [-0.2, 0) is 6.54 Å². The lowest BCUT2D eigenvalue weighted by Crippen LogP contribution is -2.42. The molecular weight excluding hydrogens is 336 g/mol. The molecule has 0 bridgehead atoms. The van der Waals surface area contributed by atoms with E-state index >= 15 is 0 Å². The Balaban J connectivity index is 1.66. The van der Waals surface area contributed by atoms with Gasteiger partial charge in [-0.1, -0.05) is 54.6 Å². The number of fused-ring (bicyclic) bond motifs is 2. The number of furan rings is 1. The van der Waals surface area contributed by atoms with Gasteiger partial charge in [-0.15, -0.1) is 0 Å². The Labute approximate surface area is 157 Å². The number of nitrogens with zero attached hydrogens (tertiary/aromatic N) is 1. The Bertz CT molecular complexity index is 1110. The number of anilines is 1. The molecule has 1 aliphatic rings. The number of rotatable bonds is 3. The summed E-state index contributed by atoms with van der Waals surface area (Å²) in [5, 5.41) is 5.85. The van der Waals surface area contributed by atoms with Crippen LogP contribution in [0.3, 0.4) is 0 Å². The molecular formula is C23H18N2O2. The fourth-order valence-electron chi connectivity index (χ4n) is 3.76. The number of para-hydroxylation sites is 1. The van der Waals surface area contributed by atoms with Gasteiger partial charge in [0.2, 0.25) is 0 Å². The van der Waals surface area contributed by atoms with E-state index < -0.39 is 0 Å². The summed E-state index contributed by atoms with van der Waals surface area (Å²) >= 11 is 0. The predicted molar refractivity (Wildman–Crippen MR) is 105 cm³/mol. The lowest BCUT2D eigenvalue weighted by molar-refractivity contribution is 0.0653. The molecule has 0 aliphatic carbocycles. The van der Waals surface area contributed by atoms with Crippen molar-refractivity contribution in [3.05, 3.63) is 102 Å². The second-order valence-electron chi connectivity index (χ2n) is 6.67. The number of carbonyl (C=O) groups is 1. The Morgan fingerprint density at radius 3 is 2.59 bits per heavy atom. The summed E-state index contributed by atoms with van der Waals surface area (Å²) in [5.41, 5.74) is 2.61. The van der Waals surface area contributed by atoms with Crippen molar-refractivity contribution in [1.82, 2.24) is 4.90 Å². The molecule has 2 heterocycles. The molecule has 1 amide bonds. The molecule has 3 aromatic carbocycles. The number of nitrogens with one attached hydrogen (secondary N) is 1. The molecule has 0 saturated carbocycles. The highest BCUT2D eigenvalue weighted by Crippen LogP contribution is 2.36. The van der Waals surface area contributed by atoms with Gasteiger partial charge in [-0.05, 0) is 35.0 Å². The zero-order valence-corrected chi connectivity index (χ0v) is 14.6. The average molecular weight is 354 g/mol. The molecule has 0 saturated heterocycles. The number of hydrogen-bond donors (Lipinski definition) is 1. The van der Waals surface area contributed by atoms with Crippen LogP contribution in [0.2, 0.25) is 0 Å². The molecule has 1 atom stereocenters. The molecule has 27 heavy (non-hydrogen) atoms. The molecule has 4 heteroatoms. The van der Waals surface area contributed by atoms with Crippen LogP contribution in [0.5, 0.6) is 0 Å². The van der Waals surface area contributed by atoms with Gasteiger partial charge in [0.15, 0.2) is 0 Å². The van der Waals surface area contributed by atoms with Crippen molar-refractivity contribution in [3.63, 3.8) is 0 Å². The summed E-state index contributed by atoms with van der Waals surface area (Å²) in [4.78, 5) is 15.1. The van der Waals surface area contributed by atoms with Crippen LogP contribution in [0.15, 0.2) is 89.5 Å². The fourth-order valence-corrected chi connectivity index (χ4v) is 3.76. The van der Waals surface area contributed by atoms with Gasteiger partial charge in [-0.3, -0.25) is 4.79 Å². The molecule has 1 aliphatic heterocycles. The van der Waals surface area contributed by atoms with Crippen molar-refractivity contribution in [3.8, 4) is 0 Å². The maximum atomic E-state index is 13.3. The monoisotopic (exact) mass is 354 g/mol. The first-order valence-electron chi connectivity index (χ1n) is 8.98. The number of benzene rings is 3. The van der Waals surface area contributed by atoms with Crippen molar-refractivity contribution in [2.45, 2.75) is 12.7 Å². The van der Waals surface area contributed by atoms with E-state index in [1.54, 1.807) is 6.26 Å². The lowest BCUT2D eigenvalue weighted by Gasteiger charge is -2.38. The van der Waals surface area contributed by atoms with E-state index in [1.165, 1.54) is 0 Å². The van der Waals surface area contributed by atoms with Crippen LogP contribution in [0.25, 0.3) is 10.8 Å². The topological polar surface area (TPSA) is 45.5 Å². The van der Waals surface area contributed by atoms with E-state index in [-0.39, 0.29) is 12.1 Å². The summed E-state index contributed by atoms with van der Waals surface area (Å²) in [5.74, 6) is 0.758. The van der Waals surface area contributed by atoms with Crippen LogP contribution >= 0.6 is 0 Å².